The topological polar surface area (TPSA) is 79.1 Å². The van der Waals surface area contributed by atoms with E-state index in [0.29, 0.717) is 13.1 Å². The lowest BCUT2D eigenvalue weighted by Gasteiger charge is -2.34. The Morgan fingerprint density at radius 1 is 1.39 bits per heavy atom. The van der Waals surface area contributed by atoms with Crippen molar-refractivity contribution >= 4 is 12.1 Å². The quantitative estimate of drug-likeness (QED) is 0.821. The SMILES string of the molecule is Cc1ccc(C2CN=C(N3CCC4(C3)OC(=O)NC4(C)C)N2)o1. The van der Waals surface area contributed by atoms with Crippen molar-refractivity contribution in [3.05, 3.63) is 23.7 Å². The number of aliphatic imine (C=N–C) groups is 1. The molecule has 1 aromatic heterocycles. The van der Waals surface area contributed by atoms with Crippen LogP contribution in [-0.4, -0.2) is 47.7 Å². The molecular formula is C16H22N4O3. The number of carbonyl (C=O) groups excluding carboxylic acids is 1. The Labute approximate surface area is 135 Å². The summed E-state index contributed by atoms with van der Waals surface area (Å²) in [6.07, 6.45) is 0.464. The number of carbonyl (C=O) groups is 1. The summed E-state index contributed by atoms with van der Waals surface area (Å²) in [4.78, 5) is 18.5. The van der Waals surface area contributed by atoms with E-state index in [-0.39, 0.29) is 17.7 Å². The summed E-state index contributed by atoms with van der Waals surface area (Å²) >= 11 is 0. The number of nitrogens with zero attached hydrogens (tertiary/aromatic N) is 2. The number of alkyl carbamates (subject to hydrolysis) is 1. The van der Waals surface area contributed by atoms with Gasteiger partial charge in [0.15, 0.2) is 11.6 Å². The highest BCUT2D eigenvalue weighted by molar-refractivity contribution is 5.83. The molecule has 4 rings (SSSR count). The molecule has 2 atom stereocenters. The maximum Gasteiger partial charge on any atom is 0.408 e. The van der Waals surface area contributed by atoms with E-state index in [9.17, 15) is 4.79 Å². The molecule has 2 unspecified atom stereocenters. The molecule has 7 heteroatoms. The number of rotatable bonds is 1. The maximum absolute atomic E-state index is 11.7. The number of furan rings is 1. The molecule has 1 aromatic rings. The zero-order valence-corrected chi connectivity index (χ0v) is 13.7. The van der Waals surface area contributed by atoms with Crippen molar-refractivity contribution in [3.63, 3.8) is 0 Å². The van der Waals surface area contributed by atoms with Crippen molar-refractivity contribution in [2.75, 3.05) is 19.6 Å². The minimum Gasteiger partial charge on any atom is -0.464 e. The van der Waals surface area contributed by atoms with Crippen molar-refractivity contribution in [3.8, 4) is 0 Å². The van der Waals surface area contributed by atoms with Crippen molar-refractivity contribution in [1.82, 2.24) is 15.5 Å². The lowest BCUT2D eigenvalue weighted by molar-refractivity contribution is 0.0237. The first-order valence-corrected chi connectivity index (χ1v) is 8.02. The van der Waals surface area contributed by atoms with E-state index in [1.165, 1.54) is 0 Å². The number of amides is 1. The maximum atomic E-state index is 11.7. The van der Waals surface area contributed by atoms with Crippen LogP contribution in [0.3, 0.4) is 0 Å². The smallest absolute Gasteiger partial charge is 0.408 e. The summed E-state index contributed by atoms with van der Waals surface area (Å²) in [5.41, 5.74) is -0.872. The van der Waals surface area contributed by atoms with Gasteiger partial charge in [-0.05, 0) is 32.9 Å². The van der Waals surface area contributed by atoms with E-state index in [2.05, 4.69) is 20.5 Å². The van der Waals surface area contributed by atoms with Gasteiger partial charge in [0.25, 0.3) is 0 Å². The number of hydrogen-bond acceptors (Lipinski definition) is 6. The first kappa shape index (κ1) is 14.4. The van der Waals surface area contributed by atoms with Gasteiger partial charge in [0, 0.05) is 13.0 Å². The average Bonchev–Trinajstić information content (AvgIpc) is 3.17. The monoisotopic (exact) mass is 318 g/mol. The fourth-order valence-corrected chi connectivity index (χ4v) is 3.67. The average molecular weight is 318 g/mol. The second kappa shape index (κ2) is 4.66. The highest BCUT2D eigenvalue weighted by Gasteiger charge is 2.58. The van der Waals surface area contributed by atoms with Crippen molar-refractivity contribution in [2.45, 2.75) is 44.4 Å². The van der Waals surface area contributed by atoms with Gasteiger partial charge in [0.05, 0.1) is 18.6 Å². The molecule has 2 saturated heterocycles. The molecule has 3 aliphatic heterocycles. The van der Waals surface area contributed by atoms with Gasteiger partial charge in [-0.15, -0.1) is 0 Å². The third-order valence-corrected chi connectivity index (χ3v) is 5.20. The number of guanidine groups is 1. The third-order valence-electron chi connectivity index (χ3n) is 5.20. The van der Waals surface area contributed by atoms with Crippen LogP contribution in [0.2, 0.25) is 0 Å². The number of hydrogen-bond donors (Lipinski definition) is 2. The van der Waals surface area contributed by atoms with E-state index in [4.69, 9.17) is 9.15 Å². The van der Waals surface area contributed by atoms with Crippen LogP contribution in [0, 0.1) is 6.92 Å². The zero-order chi connectivity index (χ0) is 16.2. The van der Waals surface area contributed by atoms with Gasteiger partial charge < -0.3 is 24.7 Å². The molecular weight excluding hydrogens is 296 g/mol. The molecule has 0 saturated carbocycles. The summed E-state index contributed by atoms with van der Waals surface area (Å²) in [6.45, 7) is 8.09. The van der Waals surface area contributed by atoms with Crippen LogP contribution in [0.5, 0.6) is 0 Å². The highest BCUT2D eigenvalue weighted by atomic mass is 16.6. The Hall–Kier alpha value is -2.18. The molecule has 0 aromatic carbocycles. The third kappa shape index (κ3) is 2.17. The van der Waals surface area contributed by atoms with E-state index >= 15 is 0 Å². The zero-order valence-electron chi connectivity index (χ0n) is 13.7. The van der Waals surface area contributed by atoms with Gasteiger partial charge in [-0.25, -0.2) is 4.79 Å². The summed E-state index contributed by atoms with van der Waals surface area (Å²) in [5.74, 6) is 2.67. The molecule has 1 spiro atoms. The summed E-state index contributed by atoms with van der Waals surface area (Å²) < 4.78 is 11.3. The molecule has 4 heterocycles. The fraction of sp³-hybridized carbons (Fsp3) is 0.625. The molecule has 0 aliphatic carbocycles. The predicted octanol–water partition coefficient (Wildman–Crippen LogP) is 1.55. The number of aryl methyl sites for hydroxylation is 1. The molecule has 2 fully saturated rings. The summed E-state index contributed by atoms with van der Waals surface area (Å²) in [6, 6.07) is 4.03. The Bertz CT molecular complexity index is 681. The van der Waals surface area contributed by atoms with E-state index in [1.54, 1.807) is 0 Å². The lowest BCUT2D eigenvalue weighted by atomic mass is 9.83. The van der Waals surface area contributed by atoms with Gasteiger partial charge in [0.2, 0.25) is 0 Å². The normalized spacial score (nSPS) is 32.0. The standard InChI is InChI=1S/C16H22N4O3/c1-10-4-5-12(22-10)11-8-17-13(18-11)20-7-6-16(9-20)15(2,3)19-14(21)23-16/h4-5,11H,6-9H2,1-3H3,(H,17,18)(H,19,21). The first-order valence-electron chi connectivity index (χ1n) is 8.02. The molecule has 2 N–H and O–H groups in total. The Kier molecular flexibility index (Phi) is 2.92. The van der Waals surface area contributed by atoms with Crippen LogP contribution >= 0.6 is 0 Å². The second-order valence-corrected chi connectivity index (χ2v) is 7.11. The highest BCUT2D eigenvalue weighted by Crippen LogP contribution is 2.40. The van der Waals surface area contributed by atoms with Crippen LogP contribution < -0.4 is 10.6 Å². The van der Waals surface area contributed by atoms with E-state index in [0.717, 1.165) is 30.4 Å². The van der Waals surface area contributed by atoms with Crippen LogP contribution in [0.1, 0.15) is 37.8 Å². The molecule has 3 aliphatic rings. The van der Waals surface area contributed by atoms with Gasteiger partial charge in [-0.1, -0.05) is 0 Å². The van der Waals surface area contributed by atoms with Gasteiger partial charge in [-0.2, -0.15) is 0 Å². The van der Waals surface area contributed by atoms with Crippen LogP contribution in [0.15, 0.2) is 21.5 Å². The minimum atomic E-state index is -0.492. The summed E-state index contributed by atoms with van der Waals surface area (Å²) in [5, 5.41) is 6.34. The predicted molar refractivity (Wildman–Crippen MR) is 84.2 cm³/mol. The minimum absolute atomic E-state index is 0.0764. The van der Waals surface area contributed by atoms with Gasteiger partial charge >= 0.3 is 6.09 Å². The van der Waals surface area contributed by atoms with Crippen LogP contribution in [0.25, 0.3) is 0 Å². The Morgan fingerprint density at radius 2 is 2.22 bits per heavy atom. The van der Waals surface area contributed by atoms with Gasteiger partial charge in [0.1, 0.15) is 17.6 Å². The summed E-state index contributed by atoms with van der Waals surface area (Å²) in [7, 11) is 0. The molecule has 124 valence electrons. The van der Waals surface area contributed by atoms with Crippen molar-refractivity contribution in [2.24, 2.45) is 4.99 Å². The molecule has 1 amide bonds. The van der Waals surface area contributed by atoms with Crippen molar-refractivity contribution < 1.29 is 13.9 Å². The Balaban J connectivity index is 1.46. The molecule has 7 nitrogen and oxygen atoms in total. The lowest BCUT2D eigenvalue weighted by Crippen LogP contribution is -2.54. The number of likely N-dealkylation sites (tertiary alicyclic amines) is 1. The Morgan fingerprint density at radius 3 is 2.87 bits per heavy atom. The van der Waals surface area contributed by atoms with Gasteiger partial charge in [-0.3, -0.25) is 4.99 Å². The van der Waals surface area contributed by atoms with E-state index in [1.807, 2.05) is 32.9 Å². The van der Waals surface area contributed by atoms with Crippen molar-refractivity contribution in [1.29, 1.82) is 0 Å². The fourth-order valence-electron chi connectivity index (χ4n) is 3.67. The number of ether oxygens (including phenoxy) is 1. The van der Waals surface area contributed by atoms with Crippen LogP contribution in [-0.2, 0) is 4.74 Å². The molecule has 0 bridgehead atoms. The van der Waals surface area contributed by atoms with Crippen LogP contribution in [0.4, 0.5) is 4.79 Å². The largest absolute Gasteiger partial charge is 0.464 e. The molecule has 0 radical (unpaired) electrons. The first-order chi connectivity index (χ1) is 10.9. The second-order valence-electron chi connectivity index (χ2n) is 7.11. The number of nitrogens with one attached hydrogen (secondary N) is 2. The van der Waals surface area contributed by atoms with E-state index < -0.39 is 5.60 Å². The molecule has 23 heavy (non-hydrogen) atoms.